The van der Waals surface area contributed by atoms with Gasteiger partial charge in [-0.1, -0.05) is 17.3 Å². The second-order valence-electron chi connectivity index (χ2n) is 14.0. The summed E-state index contributed by atoms with van der Waals surface area (Å²) < 4.78 is 16.6. The third-order valence-electron chi connectivity index (χ3n) is 10.5. The number of rotatable bonds is 9. The first-order valence-electron chi connectivity index (χ1n) is 15.6. The van der Waals surface area contributed by atoms with E-state index in [9.17, 15) is 9.90 Å². The van der Waals surface area contributed by atoms with E-state index in [4.69, 9.17) is 19.0 Å². The lowest BCUT2D eigenvalue weighted by Gasteiger charge is -2.54. The Hall–Kier alpha value is -3.37. The molecule has 0 radical (unpaired) electrons. The summed E-state index contributed by atoms with van der Waals surface area (Å²) in [5.41, 5.74) is 1.72. The van der Waals surface area contributed by atoms with E-state index >= 15 is 0 Å². The molecule has 228 valence electrons. The molecule has 8 rings (SSSR count). The van der Waals surface area contributed by atoms with Gasteiger partial charge >= 0.3 is 6.01 Å². The second-order valence-corrected chi connectivity index (χ2v) is 14.0. The van der Waals surface area contributed by atoms with Crippen LogP contribution in [0.2, 0.25) is 0 Å². The first kappa shape index (κ1) is 28.4. The molecule has 1 N–H and O–H groups in total. The van der Waals surface area contributed by atoms with Crippen molar-refractivity contribution in [1.29, 1.82) is 0 Å². The number of amides is 1. The van der Waals surface area contributed by atoms with Gasteiger partial charge in [-0.05, 0) is 95.2 Å². The van der Waals surface area contributed by atoms with Crippen molar-refractivity contribution in [1.82, 2.24) is 20.1 Å². The van der Waals surface area contributed by atoms with Gasteiger partial charge in [-0.2, -0.15) is 4.98 Å². The van der Waals surface area contributed by atoms with Gasteiger partial charge in [0.05, 0.1) is 30.8 Å². The molecule has 1 saturated heterocycles. The number of fused-ring (bicyclic) bond motifs is 3. The van der Waals surface area contributed by atoms with E-state index in [2.05, 4.69) is 28.1 Å². The number of aromatic nitrogens is 4. The molecule has 2 bridgehead atoms. The molecule has 3 aromatic rings. The molecule has 4 aliphatic carbocycles. The van der Waals surface area contributed by atoms with Crippen molar-refractivity contribution in [3.63, 3.8) is 0 Å². The van der Waals surface area contributed by atoms with Crippen LogP contribution in [-0.4, -0.2) is 63.1 Å². The van der Waals surface area contributed by atoms with Crippen LogP contribution < -0.4 is 9.64 Å². The lowest BCUT2D eigenvalue weighted by Crippen LogP contribution is -2.54. The third kappa shape index (κ3) is 5.12. The van der Waals surface area contributed by atoms with E-state index < -0.39 is 5.60 Å². The first-order valence-corrected chi connectivity index (χ1v) is 15.6. The van der Waals surface area contributed by atoms with Crippen LogP contribution in [0.25, 0.3) is 11.1 Å². The maximum Gasteiger partial charge on any atom is 0.316 e. The Morgan fingerprint density at radius 3 is 2.35 bits per heavy atom. The number of benzene rings is 1. The maximum atomic E-state index is 14.1. The van der Waals surface area contributed by atoms with Gasteiger partial charge in [-0.25, -0.2) is 9.97 Å². The predicted octanol–water partition coefficient (Wildman–Crippen LogP) is 5.00. The van der Waals surface area contributed by atoms with E-state index in [1.54, 1.807) is 12.4 Å². The van der Waals surface area contributed by atoms with E-state index in [1.165, 1.54) is 0 Å². The van der Waals surface area contributed by atoms with Crippen molar-refractivity contribution in [3.8, 4) is 17.1 Å². The Balaban J connectivity index is 1.12. The molecule has 1 amide bonds. The van der Waals surface area contributed by atoms with Crippen LogP contribution in [0.3, 0.4) is 0 Å². The molecule has 3 heterocycles. The summed E-state index contributed by atoms with van der Waals surface area (Å²) in [5.74, 6) is 1.46. The highest BCUT2D eigenvalue weighted by Crippen LogP contribution is 2.58. The summed E-state index contributed by atoms with van der Waals surface area (Å²) in [4.78, 5) is 29.6. The van der Waals surface area contributed by atoms with E-state index in [0.29, 0.717) is 51.1 Å². The van der Waals surface area contributed by atoms with Gasteiger partial charge in [0, 0.05) is 41.5 Å². The molecule has 10 nitrogen and oxygen atoms in total. The Morgan fingerprint density at radius 1 is 1.05 bits per heavy atom. The Bertz CT molecular complexity index is 1460. The summed E-state index contributed by atoms with van der Waals surface area (Å²) in [6.45, 7) is 8.25. The zero-order valence-corrected chi connectivity index (χ0v) is 25.3. The lowest BCUT2D eigenvalue weighted by atomic mass is 9.53. The monoisotopic (exact) mass is 587 g/mol. The van der Waals surface area contributed by atoms with Crippen LogP contribution in [0.1, 0.15) is 83.9 Å². The smallest absolute Gasteiger partial charge is 0.316 e. The molecule has 1 aromatic carbocycles. The molecule has 1 aliphatic heterocycles. The lowest BCUT2D eigenvalue weighted by molar-refractivity contribution is -0.137. The molecular formula is C33H41N5O5. The fraction of sp³-hybridized carbons (Fsp3) is 0.606. The largest absolute Gasteiger partial charge is 0.464 e. The second kappa shape index (κ2) is 10.4. The number of nitrogens with zero attached hydrogens (tertiary/aromatic N) is 5. The van der Waals surface area contributed by atoms with Gasteiger partial charge in [0.25, 0.3) is 0 Å². The topological polar surface area (TPSA) is 124 Å². The number of anilines is 1. The normalized spacial score (nSPS) is 30.7. The molecule has 0 unspecified atom stereocenters. The molecule has 0 atom stereocenters. The van der Waals surface area contributed by atoms with E-state index in [0.717, 1.165) is 61.2 Å². The molecule has 4 saturated carbocycles. The molecule has 5 fully saturated rings. The first-order chi connectivity index (χ1) is 20.6. The Kier molecular flexibility index (Phi) is 6.85. The van der Waals surface area contributed by atoms with Gasteiger partial charge in [-0.15, -0.1) is 0 Å². The average molecular weight is 588 g/mol. The van der Waals surface area contributed by atoms with Crippen LogP contribution in [0.5, 0.6) is 6.01 Å². The quantitative estimate of drug-likeness (QED) is 0.368. The maximum absolute atomic E-state index is 14.1. The number of carbonyl (C=O) groups excluding carboxylic acids is 1. The van der Waals surface area contributed by atoms with Crippen molar-refractivity contribution in [2.24, 2.45) is 11.3 Å². The number of carbonyl (C=O) groups is 1. The fourth-order valence-electron chi connectivity index (χ4n) is 7.60. The van der Waals surface area contributed by atoms with Crippen molar-refractivity contribution < 1.29 is 23.9 Å². The number of aliphatic hydroxyl groups is 1. The fourth-order valence-corrected chi connectivity index (χ4v) is 7.60. The zero-order valence-electron chi connectivity index (χ0n) is 25.3. The minimum atomic E-state index is -0.771. The zero-order chi connectivity index (χ0) is 29.9. The third-order valence-corrected chi connectivity index (χ3v) is 10.5. The number of hydrogen-bond acceptors (Lipinski definition) is 9. The predicted molar refractivity (Wildman–Crippen MR) is 159 cm³/mol. The van der Waals surface area contributed by atoms with Crippen molar-refractivity contribution in [2.75, 3.05) is 31.3 Å². The van der Waals surface area contributed by atoms with Crippen molar-refractivity contribution >= 4 is 11.6 Å². The van der Waals surface area contributed by atoms with Crippen molar-refractivity contribution in [2.45, 2.75) is 88.6 Å². The molecule has 5 aliphatic rings. The summed E-state index contributed by atoms with van der Waals surface area (Å²) in [7, 11) is 0. The number of ether oxygens (including phenoxy) is 2. The molecular weight excluding hydrogens is 546 g/mol. The highest BCUT2D eigenvalue weighted by Gasteiger charge is 2.54. The molecule has 0 spiro atoms. The summed E-state index contributed by atoms with van der Waals surface area (Å²) in [5, 5.41) is 14.9. The molecule has 43 heavy (non-hydrogen) atoms. The Morgan fingerprint density at radius 2 is 1.74 bits per heavy atom. The van der Waals surface area contributed by atoms with Crippen LogP contribution in [0, 0.1) is 11.3 Å². The van der Waals surface area contributed by atoms with Gasteiger partial charge in [0.2, 0.25) is 11.8 Å². The van der Waals surface area contributed by atoms with Gasteiger partial charge in [-0.3, -0.25) is 4.79 Å². The van der Waals surface area contributed by atoms with Gasteiger partial charge in [0.1, 0.15) is 0 Å². The van der Waals surface area contributed by atoms with Crippen LogP contribution in [-0.2, 0) is 20.4 Å². The van der Waals surface area contributed by atoms with E-state index in [1.807, 2.05) is 36.9 Å². The molecule has 2 aromatic heterocycles. The van der Waals surface area contributed by atoms with Crippen molar-refractivity contribution in [3.05, 3.63) is 48.4 Å². The summed E-state index contributed by atoms with van der Waals surface area (Å²) >= 11 is 0. The van der Waals surface area contributed by atoms with Crippen LogP contribution >= 0.6 is 0 Å². The highest BCUT2D eigenvalue weighted by molar-refractivity contribution is 5.96. The highest BCUT2D eigenvalue weighted by atomic mass is 16.5. The summed E-state index contributed by atoms with van der Waals surface area (Å²) in [6.07, 6.45) is 10.5. The van der Waals surface area contributed by atoms with Crippen LogP contribution in [0.4, 0.5) is 5.69 Å². The SMILES string of the molecule is CCOc1ncc(-c2cccc(N(CC34CCC(c5noc(C6(C)COC6)n5)(CC3)CC4)C(=O)C3CC(C)(O)C3)c2)cn1. The minimum absolute atomic E-state index is 0.0300. The van der Waals surface area contributed by atoms with Gasteiger partial charge < -0.3 is 24.0 Å². The average Bonchev–Trinajstić information content (AvgIpc) is 3.51. The minimum Gasteiger partial charge on any atom is -0.464 e. The molecule has 10 heteroatoms. The standard InChI is InChI=1S/C33H41N5O5/c1-4-42-29-34-17-24(18-35-29)22-6-5-7-25(14-22)38(26(39)23-15-31(3,40)16-23)19-32-8-11-33(12-9-32,13-10-32)27-36-28(43-37-27)30(2)20-41-21-30/h5-7,14,17-18,23,40H,4,8-13,15-16,19-21H2,1-3H3. The summed E-state index contributed by atoms with van der Waals surface area (Å²) in [6, 6.07) is 8.44. The van der Waals surface area contributed by atoms with E-state index in [-0.39, 0.29) is 28.1 Å². The Labute approximate surface area is 252 Å². The van der Waals surface area contributed by atoms with Crippen LogP contribution in [0.15, 0.2) is 41.2 Å². The van der Waals surface area contributed by atoms with Gasteiger partial charge in [0.15, 0.2) is 5.82 Å². The number of hydrogen-bond donors (Lipinski definition) is 1.